The van der Waals surface area contributed by atoms with Gasteiger partial charge in [-0.3, -0.25) is 9.89 Å². The standard InChI is InChI=1S/C19H30N4O/c1-22(16-8-9-16)19(20)21-14-18(23-12-4-3-5-13-23)15-6-10-17(24-2)11-7-15/h6-7,10-11,16,18H,3-5,8-9,12-14H2,1-2H3,(H2,20,21). The second-order valence-electron chi connectivity index (χ2n) is 6.93. The van der Waals surface area contributed by atoms with Crippen molar-refractivity contribution in [3.63, 3.8) is 0 Å². The minimum Gasteiger partial charge on any atom is -0.497 e. The lowest BCUT2D eigenvalue weighted by atomic mass is 10.0. The first-order valence-electron chi connectivity index (χ1n) is 9.10. The molecular formula is C19H30N4O. The van der Waals surface area contributed by atoms with Crippen LogP contribution in [0.2, 0.25) is 0 Å². The molecule has 1 saturated carbocycles. The Kier molecular flexibility index (Phi) is 5.61. The number of guanidine groups is 1. The molecule has 24 heavy (non-hydrogen) atoms. The topological polar surface area (TPSA) is 54.1 Å². The second-order valence-corrected chi connectivity index (χ2v) is 6.93. The number of likely N-dealkylation sites (tertiary alicyclic amines) is 1. The molecule has 0 aromatic heterocycles. The summed E-state index contributed by atoms with van der Waals surface area (Å²) in [4.78, 5) is 9.41. The zero-order valence-electron chi connectivity index (χ0n) is 14.9. The van der Waals surface area contributed by atoms with E-state index in [9.17, 15) is 0 Å². The number of aliphatic imine (C=N–C) groups is 1. The summed E-state index contributed by atoms with van der Waals surface area (Å²) >= 11 is 0. The number of methoxy groups -OCH3 is 1. The third kappa shape index (κ3) is 4.20. The van der Waals surface area contributed by atoms with Gasteiger partial charge in [0.2, 0.25) is 0 Å². The number of nitrogens with zero attached hydrogens (tertiary/aromatic N) is 3. The Balaban J connectivity index is 1.74. The third-order valence-electron chi connectivity index (χ3n) is 5.21. The molecule has 2 aliphatic rings. The summed E-state index contributed by atoms with van der Waals surface area (Å²) in [6, 6.07) is 9.29. The highest BCUT2D eigenvalue weighted by molar-refractivity contribution is 5.78. The number of ether oxygens (including phenoxy) is 1. The summed E-state index contributed by atoms with van der Waals surface area (Å²) in [5.74, 6) is 1.57. The molecule has 1 aliphatic heterocycles. The lowest BCUT2D eigenvalue weighted by Gasteiger charge is -2.34. The Bertz CT molecular complexity index is 547. The summed E-state index contributed by atoms with van der Waals surface area (Å²) in [7, 11) is 3.76. The Morgan fingerprint density at radius 1 is 1.25 bits per heavy atom. The van der Waals surface area contributed by atoms with Crippen LogP contribution in [-0.4, -0.2) is 55.6 Å². The van der Waals surface area contributed by atoms with Gasteiger partial charge in [0, 0.05) is 13.1 Å². The maximum atomic E-state index is 6.20. The summed E-state index contributed by atoms with van der Waals surface area (Å²) in [5.41, 5.74) is 7.49. The molecule has 2 N–H and O–H groups in total. The lowest BCUT2D eigenvalue weighted by Crippen LogP contribution is -2.38. The van der Waals surface area contributed by atoms with Crippen molar-refractivity contribution in [2.45, 2.75) is 44.2 Å². The van der Waals surface area contributed by atoms with Gasteiger partial charge in [0.25, 0.3) is 0 Å². The summed E-state index contributed by atoms with van der Waals surface area (Å²) in [6.45, 7) is 3.00. The predicted molar refractivity (Wildman–Crippen MR) is 98.4 cm³/mol. The van der Waals surface area contributed by atoms with Crippen LogP contribution in [0.25, 0.3) is 0 Å². The number of nitrogens with two attached hydrogens (primary N) is 1. The monoisotopic (exact) mass is 330 g/mol. The molecule has 1 aromatic carbocycles. The van der Waals surface area contributed by atoms with Gasteiger partial charge < -0.3 is 15.4 Å². The van der Waals surface area contributed by atoms with Crippen molar-refractivity contribution < 1.29 is 4.74 Å². The van der Waals surface area contributed by atoms with Gasteiger partial charge in [-0.15, -0.1) is 0 Å². The van der Waals surface area contributed by atoms with Gasteiger partial charge in [-0.05, 0) is 56.5 Å². The molecule has 2 fully saturated rings. The van der Waals surface area contributed by atoms with Crippen molar-refractivity contribution in [1.82, 2.24) is 9.80 Å². The molecule has 0 amide bonds. The molecule has 0 radical (unpaired) electrons. The van der Waals surface area contributed by atoms with Crippen LogP contribution in [0.4, 0.5) is 0 Å². The zero-order chi connectivity index (χ0) is 16.9. The van der Waals surface area contributed by atoms with Gasteiger partial charge in [-0.2, -0.15) is 0 Å². The van der Waals surface area contributed by atoms with Crippen molar-refractivity contribution in [2.24, 2.45) is 10.7 Å². The normalized spacial score (nSPS) is 20.7. The Morgan fingerprint density at radius 2 is 1.92 bits per heavy atom. The van der Waals surface area contributed by atoms with Gasteiger partial charge in [0.1, 0.15) is 5.75 Å². The molecule has 5 heteroatoms. The van der Waals surface area contributed by atoms with E-state index in [2.05, 4.69) is 29.0 Å². The van der Waals surface area contributed by atoms with Gasteiger partial charge in [0.15, 0.2) is 5.96 Å². The maximum absolute atomic E-state index is 6.20. The lowest BCUT2D eigenvalue weighted by molar-refractivity contribution is 0.167. The van der Waals surface area contributed by atoms with Gasteiger partial charge >= 0.3 is 0 Å². The molecule has 0 spiro atoms. The molecule has 1 saturated heterocycles. The van der Waals surface area contributed by atoms with E-state index in [4.69, 9.17) is 15.5 Å². The fourth-order valence-electron chi connectivity index (χ4n) is 3.43. The largest absolute Gasteiger partial charge is 0.497 e. The minimum atomic E-state index is 0.294. The molecule has 1 atom stereocenters. The predicted octanol–water partition coefficient (Wildman–Crippen LogP) is 2.63. The van der Waals surface area contributed by atoms with E-state index in [0.29, 0.717) is 18.0 Å². The highest BCUT2D eigenvalue weighted by Gasteiger charge is 2.28. The van der Waals surface area contributed by atoms with Crippen molar-refractivity contribution >= 4 is 5.96 Å². The molecule has 1 aromatic rings. The van der Waals surface area contributed by atoms with Crippen LogP contribution in [0, 0.1) is 0 Å². The zero-order valence-corrected chi connectivity index (χ0v) is 14.9. The fraction of sp³-hybridized carbons (Fsp3) is 0.632. The molecule has 1 aliphatic carbocycles. The molecule has 1 unspecified atom stereocenters. The number of hydrogen-bond acceptors (Lipinski definition) is 3. The van der Waals surface area contributed by atoms with Crippen LogP contribution in [-0.2, 0) is 0 Å². The highest BCUT2D eigenvalue weighted by Crippen LogP contribution is 2.28. The summed E-state index contributed by atoms with van der Waals surface area (Å²) in [6.07, 6.45) is 6.35. The minimum absolute atomic E-state index is 0.294. The Labute approximate surface area is 145 Å². The Hall–Kier alpha value is -1.75. The SMILES string of the molecule is COc1ccc(C(CN=C(N)N(C)C2CC2)N2CCCCC2)cc1. The maximum Gasteiger partial charge on any atom is 0.191 e. The van der Waals surface area contributed by atoms with E-state index in [1.807, 2.05) is 12.1 Å². The average Bonchev–Trinajstić information content (AvgIpc) is 3.47. The Morgan fingerprint density at radius 3 is 2.50 bits per heavy atom. The van der Waals surface area contributed by atoms with Crippen molar-refractivity contribution in [3.05, 3.63) is 29.8 Å². The number of benzene rings is 1. The van der Waals surface area contributed by atoms with E-state index in [1.54, 1.807) is 7.11 Å². The van der Waals surface area contributed by atoms with E-state index in [0.717, 1.165) is 25.4 Å². The fourth-order valence-corrected chi connectivity index (χ4v) is 3.43. The van der Waals surface area contributed by atoms with Crippen molar-refractivity contribution in [2.75, 3.05) is 33.8 Å². The summed E-state index contributed by atoms with van der Waals surface area (Å²) in [5, 5.41) is 0. The first kappa shape index (κ1) is 17.1. The number of piperidine rings is 1. The first-order valence-corrected chi connectivity index (χ1v) is 9.10. The van der Waals surface area contributed by atoms with Crippen LogP contribution in [0.15, 0.2) is 29.3 Å². The summed E-state index contributed by atoms with van der Waals surface area (Å²) < 4.78 is 5.29. The van der Waals surface area contributed by atoms with Gasteiger partial charge in [-0.1, -0.05) is 18.6 Å². The second kappa shape index (κ2) is 7.88. The molecule has 0 bridgehead atoms. The molecule has 5 nitrogen and oxygen atoms in total. The third-order valence-corrected chi connectivity index (χ3v) is 5.21. The number of hydrogen-bond donors (Lipinski definition) is 1. The van der Waals surface area contributed by atoms with Gasteiger partial charge in [0.05, 0.1) is 19.7 Å². The smallest absolute Gasteiger partial charge is 0.191 e. The molecule has 1 heterocycles. The van der Waals surface area contributed by atoms with Crippen molar-refractivity contribution in [1.29, 1.82) is 0 Å². The van der Waals surface area contributed by atoms with Crippen LogP contribution in [0.1, 0.15) is 43.7 Å². The van der Waals surface area contributed by atoms with Crippen LogP contribution >= 0.6 is 0 Å². The first-order chi connectivity index (χ1) is 11.7. The van der Waals surface area contributed by atoms with Crippen LogP contribution < -0.4 is 10.5 Å². The molecular weight excluding hydrogens is 300 g/mol. The average molecular weight is 330 g/mol. The van der Waals surface area contributed by atoms with E-state index < -0.39 is 0 Å². The molecule has 3 rings (SSSR count). The highest BCUT2D eigenvalue weighted by atomic mass is 16.5. The quantitative estimate of drug-likeness (QED) is 0.643. The van der Waals surface area contributed by atoms with Crippen LogP contribution in [0.5, 0.6) is 5.75 Å². The number of rotatable bonds is 6. The van der Waals surface area contributed by atoms with E-state index in [1.165, 1.54) is 37.7 Å². The van der Waals surface area contributed by atoms with Gasteiger partial charge in [-0.25, -0.2) is 0 Å². The van der Waals surface area contributed by atoms with E-state index in [-0.39, 0.29) is 0 Å². The molecule has 132 valence electrons. The van der Waals surface area contributed by atoms with Crippen molar-refractivity contribution in [3.8, 4) is 5.75 Å². The van der Waals surface area contributed by atoms with E-state index >= 15 is 0 Å². The van der Waals surface area contributed by atoms with Crippen LogP contribution in [0.3, 0.4) is 0 Å².